The molecule has 32 heavy (non-hydrogen) atoms. The fourth-order valence-electron chi connectivity index (χ4n) is 9.13. The lowest BCUT2D eigenvalue weighted by atomic mass is 9.47. The molecule has 182 valence electrons. The quantitative estimate of drug-likeness (QED) is 0.399. The lowest BCUT2D eigenvalue weighted by Gasteiger charge is -2.58. The van der Waals surface area contributed by atoms with Crippen LogP contribution in [0.15, 0.2) is 11.6 Å². The predicted molar refractivity (Wildman–Crippen MR) is 120 cm³/mol. The van der Waals surface area contributed by atoms with E-state index in [1.54, 1.807) is 0 Å². The van der Waals surface area contributed by atoms with Gasteiger partial charge in [-0.15, -0.1) is 0 Å². The van der Waals surface area contributed by atoms with Crippen LogP contribution in [0, 0.1) is 40.4 Å². The zero-order valence-electron chi connectivity index (χ0n) is 20.1. The highest BCUT2D eigenvalue weighted by atomic mass is 19.3. The summed E-state index contributed by atoms with van der Waals surface area (Å²) in [4.78, 5) is 0. The van der Waals surface area contributed by atoms with Gasteiger partial charge in [0.2, 0.25) is 0 Å². The van der Waals surface area contributed by atoms with Gasteiger partial charge >= 0.3 is 0 Å². The van der Waals surface area contributed by atoms with Crippen molar-refractivity contribution in [3.63, 3.8) is 0 Å². The van der Waals surface area contributed by atoms with Gasteiger partial charge in [-0.1, -0.05) is 32.4 Å². The molecule has 5 heteroatoms. The van der Waals surface area contributed by atoms with Crippen LogP contribution < -0.4 is 0 Å². The molecular formula is C27H42F2O3. The standard InChI is InChI=1S/C27H42F2O3/c1-17(13-27(28,29)14-26(15-30)16-32-26)21-6-7-22-20-5-4-18-12-19(31)8-10-24(18,2)23(20)9-11-25(21,22)3/h4,17,19-23,30-31H,5-16H2,1-3H3/t17-,19+,20+,21-,22+,23+,24+,25-,26?/m1/s1. The summed E-state index contributed by atoms with van der Waals surface area (Å²) in [5, 5.41) is 19.6. The Kier molecular flexibility index (Phi) is 5.62. The second kappa shape index (κ2) is 7.75. The molecule has 2 N–H and O–H groups in total. The van der Waals surface area contributed by atoms with E-state index in [1.165, 1.54) is 18.4 Å². The molecule has 0 amide bonds. The van der Waals surface area contributed by atoms with Gasteiger partial charge in [-0.25, -0.2) is 8.78 Å². The second-order valence-electron chi connectivity index (χ2n) is 12.7. The van der Waals surface area contributed by atoms with Gasteiger partial charge in [0.05, 0.1) is 19.3 Å². The molecule has 4 fully saturated rings. The van der Waals surface area contributed by atoms with Crippen molar-refractivity contribution in [3.8, 4) is 0 Å². The Labute approximate surface area is 192 Å². The predicted octanol–water partition coefficient (Wildman–Crippen LogP) is 5.74. The van der Waals surface area contributed by atoms with Crippen LogP contribution in [0.1, 0.15) is 85.0 Å². The molecule has 5 rings (SSSR count). The Balaban J connectivity index is 1.31. The zero-order valence-corrected chi connectivity index (χ0v) is 20.1. The number of epoxide rings is 1. The van der Waals surface area contributed by atoms with E-state index in [0.29, 0.717) is 23.7 Å². The highest BCUT2D eigenvalue weighted by Crippen LogP contribution is 2.67. The van der Waals surface area contributed by atoms with E-state index in [4.69, 9.17) is 4.74 Å². The van der Waals surface area contributed by atoms with Gasteiger partial charge in [0, 0.05) is 12.8 Å². The SMILES string of the molecule is C[C@H](CC(F)(F)CC1(CO)CO1)[C@H]1CC[C@H]2[C@@H]3CC=C4C[C@@H](O)CC[C@]4(C)[C@H]3CC[C@]12C. The van der Waals surface area contributed by atoms with E-state index in [0.717, 1.165) is 38.5 Å². The zero-order chi connectivity index (χ0) is 22.9. The van der Waals surface area contributed by atoms with Gasteiger partial charge in [-0.2, -0.15) is 0 Å². The van der Waals surface area contributed by atoms with Crippen molar-refractivity contribution in [1.82, 2.24) is 0 Å². The van der Waals surface area contributed by atoms with E-state index >= 15 is 0 Å². The average molecular weight is 453 g/mol. The van der Waals surface area contributed by atoms with Crippen LogP contribution in [0.4, 0.5) is 8.78 Å². The lowest BCUT2D eigenvalue weighted by Crippen LogP contribution is -2.51. The van der Waals surface area contributed by atoms with E-state index in [2.05, 4.69) is 19.9 Å². The fourth-order valence-corrected chi connectivity index (χ4v) is 9.13. The first kappa shape index (κ1) is 23.2. The van der Waals surface area contributed by atoms with E-state index < -0.39 is 11.5 Å². The molecule has 1 saturated heterocycles. The van der Waals surface area contributed by atoms with Gasteiger partial charge < -0.3 is 14.9 Å². The van der Waals surface area contributed by atoms with Gasteiger partial charge in [0.25, 0.3) is 5.92 Å². The number of ether oxygens (including phenoxy) is 1. The first-order chi connectivity index (χ1) is 15.0. The van der Waals surface area contributed by atoms with Crippen LogP contribution in [0.25, 0.3) is 0 Å². The van der Waals surface area contributed by atoms with Gasteiger partial charge in [0.1, 0.15) is 5.60 Å². The van der Waals surface area contributed by atoms with E-state index in [9.17, 15) is 19.0 Å². The highest BCUT2D eigenvalue weighted by molar-refractivity contribution is 5.25. The summed E-state index contributed by atoms with van der Waals surface area (Å²) in [5.41, 5.74) is 0.877. The number of hydrogen-bond acceptors (Lipinski definition) is 3. The second-order valence-corrected chi connectivity index (χ2v) is 12.7. The van der Waals surface area contributed by atoms with Crippen LogP contribution in [0.5, 0.6) is 0 Å². The Bertz CT molecular complexity index is 762. The Morgan fingerprint density at radius 2 is 1.91 bits per heavy atom. The Hall–Kier alpha value is -0.520. The van der Waals surface area contributed by atoms with Crippen molar-refractivity contribution >= 4 is 0 Å². The number of rotatable bonds is 6. The van der Waals surface area contributed by atoms with Gasteiger partial charge in [0.15, 0.2) is 0 Å². The van der Waals surface area contributed by atoms with Gasteiger partial charge in [-0.3, -0.25) is 0 Å². The largest absolute Gasteiger partial charge is 0.393 e. The summed E-state index contributed by atoms with van der Waals surface area (Å²) in [6.45, 7) is 6.84. The molecule has 3 saturated carbocycles. The third-order valence-corrected chi connectivity index (χ3v) is 10.9. The molecule has 1 unspecified atom stereocenters. The molecule has 5 aliphatic rings. The van der Waals surface area contributed by atoms with Crippen molar-refractivity contribution in [1.29, 1.82) is 0 Å². The van der Waals surface area contributed by atoms with Crippen molar-refractivity contribution in [2.75, 3.05) is 13.2 Å². The first-order valence-corrected chi connectivity index (χ1v) is 13.0. The minimum Gasteiger partial charge on any atom is -0.393 e. The number of aliphatic hydroxyl groups is 2. The summed E-state index contributed by atoms with van der Waals surface area (Å²) in [5.74, 6) is -0.507. The molecule has 1 aliphatic heterocycles. The molecule has 0 aromatic heterocycles. The van der Waals surface area contributed by atoms with Crippen LogP contribution in [-0.2, 0) is 4.74 Å². The lowest BCUT2D eigenvalue weighted by molar-refractivity contribution is -0.0836. The van der Waals surface area contributed by atoms with Crippen molar-refractivity contribution < 1.29 is 23.7 Å². The van der Waals surface area contributed by atoms with E-state index in [1.807, 2.05) is 6.92 Å². The minimum atomic E-state index is -2.79. The molecule has 0 aromatic rings. The third kappa shape index (κ3) is 3.69. The van der Waals surface area contributed by atoms with Crippen LogP contribution in [-0.4, -0.2) is 41.1 Å². The number of allylic oxidation sites excluding steroid dienone is 1. The number of hydrogen-bond donors (Lipinski definition) is 2. The van der Waals surface area contributed by atoms with Crippen molar-refractivity contribution in [2.24, 2.45) is 40.4 Å². The topological polar surface area (TPSA) is 53.0 Å². The fraction of sp³-hybridized carbons (Fsp3) is 0.926. The maximum atomic E-state index is 14.9. The summed E-state index contributed by atoms with van der Waals surface area (Å²) in [7, 11) is 0. The molecule has 0 radical (unpaired) electrons. The molecule has 0 bridgehead atoms. The monoisotopic (exact) mass is 452 g/mol. The van der Waals surface area contributed by atoms with Crippen LogP contribution in [0.3, 0.4) is 0 Å². The molecule has 3 nitrogen and oxygen atoms in total. The maximum Gasteiger partial charge on any atom is 0.251 e. The molecule has 9 atom stereocenters. The molecule has 4 aliphatic carbocycles. The maximum absolute atomic E-state index is 14.9. The van der Waals surface area contributed by atoms with Crippen molar-refractivity contribution in [3.05, 3.63) is 11.6 Å². The average Bonchev–Trinajstić information content (AvgIpc) is 3.38. The number of alkyl halides is 2. The third-order valence-electron chi connectivity index (χ3n) is 10.9. The summed E-state index contributed by atoms with van der Waals surface area (Å²) < 4.78 is 35.0. The molecule has 0 aromatic carbocycles. The first-order valence-electron chi connectivity index (χ1n) is 13.0. The summed E-state index contributed by atoms with van der Waals surface area (Å²) >= 11 is 0. The highest BCUT2D eigenvalue weighted by Gasteiger charge is 2.60. The smallest absolute Gasteiger partial charge is 0.251 e. The van der Waals surface area contributed by atoms with Crippen molar-refractivity contribution in [2.45, 2.75) is 103 Å². The molecule has 0 spiro atoms. The number of aliphatic hydroxyl groups excluding tert-OH is 2. The molecule has 1 heterocycles. The molecular weight excluding hydrogens is 410 g/mol. The Morgan fingerprint density at radius 3 is 2.59 bits per heavy atom. The Morgan fingerprint density at radius 1 is 1.16 bits per heavy atom. The number of halogens is 2. The number of fused-ring (bicyclic) bond motifs is 5. The van der Waals surface area contributed by atoms with Gasteiger partial charge in [-0.05, 0) is 91.8 Å². The normalized spacial score (nSPS) is 49.0. The van der Waals surface area contributed by atoms with E-state index in [-0.39, 0.29) is 48.9 Å². The summed E-state index contributed by atoms with van der Waals surface area (Å²) in [6.07, 6.45) is 10.4. The summed E-state index contributed by atoms with van der Waals surface area (Å²) in [6, 6.07) is 0. The minimum absolute atomic E-state index is 0.0267. The van der Waals surface area contributed by atoms with Crippen LogP contribution >= 0.6 is 0 Å². The van der Waals surface area contributed by atoms with Crippen LogP contribution in [0.2, 0.25) is 0 Å².